The zero-order valence-electron chi connectivity index (χ0n) is 12.4. The molecule has 6 heteroatoms. The highest BCUT2D eigenvalue weighted by Gasteiger charge is 2.11. The fourth-order valence-electron chi connectivity index (χ4n) is 1.66. The summed E-state index contributed by atoms with van der Waals surface area (Å²) in [7, 11) is 1.34. The molecule has 1 amide bonds. The molecule has 1 rings (SSSR count). The van der Waals surface area contributed by atoms with Crippen LogP contribution in [0.1, 0.15) is 24.5 Å². The highest BCUT2D eigenvalue weighted by molar-refractivity contribution is 8.00. The third kappa shape index (κ3) is 6.62. The molecule has 0 heterocycles. The smallest absolute Gasteiger partial charge is 0.306 e. The molecule has 0 aliphatic heterocycles. The summed E-state index contributed by atoms with van der Waals surface area (Å²) < 4.78 is 17.7. The Bertz CT molecular complexity index is 508. The van der Waals surface area contributed by atoms with E-state index in [0.29, 0.717) is 12.1 Å². The minimum absolute atomic E-state index is 0.0243. The second kappa shape index (κ2) is 8.67. The molecule has 0 radical (unpaired) electrons. The van der Waals surface area contributed by atoms with Gasteiger partial charge >= 0.3 is 5.97 Å². The van der Waals surface area contributed by atoms with Crippen molar-refractivity contribution < 1.29 is 18.7 Å². The van der Waals surface area contributed by atoms with Crippen LogP contribution >= 0.6 is 11.8 Å². The van der Waals surface area contributed by atoms with E-state index in [9.17, 15) is 14.0 Å². The molecule has 0 saturated carbocycles. The molecule has 0 fully saturated rings. The summed E-state index contributed by atoms with van der Waals surface area (Å²) in [6.07, 6.45) is 0.283. The minimum Gasteiger partial charge on any atom is -0.469 e. The van der Waals surface area contributed by atoms with Crippen molar-refractivity contribution >= 4 is 23.6 Å². The Kier molecular flexibility index (Phi) is 7.22. The van der Waals surface area contributed by atoms with Gasteiger partial charge in [0.05, 0.1) is 19.3 Å². The van der Waals surface area contributed by atoms with Gasteiger partial charge in [0, 0.05) is 11.8 Å². The highest BCUT2D eigenvalue weighted by atomic mass is 32.2. The summed E-state index contributed by atoms with van der Waals surface area (Å²) in [6.45, 7) is 3.93. The largest absolute Gasteiger partial charge is 0.469 e. The summed E-state index contributed by atoms with van der Waals surface area (Å²) in [6, 6.07) is 4.75. The zero-order valence-corrected chi connectivity index (χ0v) is 13.3. The van der Waals surface area contributed by atoms with Crippen LogP contribution in [0.2, 0.25) is 0 Å². The first-order valence-electron chi connectivity index (χ1n) is 6.62. The van der Waals surface area contributed by atoms with Crippen LogP contribution in [0.4, 0.5) is 4.39 Å². The fraction of sp³-hybridized carbons (Fsp3) is 0.467. The van der Waals surface area contributed by atoms with Crippen LogP contribution < -0.4 is 5.32 Å². The molecule has 1 atom stereocenters. The number of ether oxygens (including phenoxy) is 1. The van der Waals surface area contributed by atoms with E-state index >= 15 is 0 Å². The highest BCUT2D eigenvalue weighted by Crippen LogP contribution is 2.14. The number of amides is 1. The predicted molar refractivity (Wildman–Crippen MR) is 81.5 cm³/mol. The molecule has 21 heavy (non-hydrogen) atoms. The lowest BCUT2D eigenvalue weighted by molar-refractivity contribution is -0.140. The first kappa shape index (κ1) is 17.5. The Hall–Kier alpha value is -1.56. The Morgan fingerprint density at radius 3 is 2.76 bits per heavy atom. The number of aryl methyl sites for hydroxylation is 1. The van der Waals surface area contributed by atoms with Gasteiger partial charge in [0.1, 0.15) is 5.82 Å². The molecule has 0 aliphatic carbocycles. The predicted octanol–water partition coefficient (Wildman–Crippen LogP) is 2.44. The molecule has 0 bridgehead atoms. The third-order valence-electron chi connectivity index (χ3n) is 2.89. The van der Waals surface area contributed by atoms with Gasteiger partial charge in [0.25, 0.3) is 0 Å². The molecular formula is C15H20FNO3S. The van der Waals surface area contributed by atoms with Crippen LogP contribution in [0.5, 0.6) is 0 Å². The van der Waals surface area contributed by atoms with E-state index in [1.165, 1.54) is 24.9 Å². The molecule has 1 aromatic carbocycles. The number of rotatable bonds is 7. The second-order valence-corrected chi connectivity index (χ2v) is 6.19. The molecular weight excluding hydrogens is 293 g/mol. The minimum atomic E-state index is -0.280. The van der Waals surface area contributed by atoms with Crippen molar-refractivity contribution in [1.29, 1.82) is 0 Å². The van der Waals surface area contributed by atoms with E-state index < -0.39 is 0 Å². The monoisotopic (exact) mass is 313 g/mol. The molecule has 0 spiro atoms. The van der Waals surface area contributed by atoms with E-state index in [2.05, 4.69) is 10.1 Å². The van der Waals surface area contributed by atoms with Crippen LogP contribution in [0.3, 0.4) is 0 Å². The maximum Gasteiger partial charge on any atom is 0.306 e. The van der Waals surface area contributed by atoms with Gasteiger partial charge in [-0.2, -0.15) is 0 Å². The zero-order chi connectivity index (χ0) is 15.8. The van der Waals surface area contributed by atoms with Gasteiger partial charge in [-0.3, -0.25) is 9.59 Å². The van der Waals surface area contributed by atoms with E-state index in [-0.39, 0.29) is 35.1 Å². The SMILES string of the molecule is COC(=O)CC(C)SCC(=O)NCc1ccc(F)c(C)c1. The lowest BCUT2D eigenvalue weighted by Gasteiger charge is -2.10. The number of benzene rings is 1. The number of halogens is 1. The second-order valence-electron chi connectivity index (χ2n) is 4.76. The van der Waals surface area contributed by atoms with Gasteiger partial charge in [-0.1, -0.05) is 19.1 Å². The number of methoxy groups -OCH3 is 1. The molecule has 4 nitrogen and oxygen atoms in total. The number of hydrogen-bond donors (Lipinski definition) is 1. The summed E-state index contributed by atoms with van der Waals surface area (Å²) in [5.74, 6) is -0.369. The van der Waals surface area contributed by atoms with Gasteiger partial charge in [0.2, 0.25) is 5.91 Å². The Morgan fingerprint density at radius 2 is 2.14 bits per heavy atom. The van der Waals surface area contributed by atoms with E-state index in [1.807, 2.05) is 6.92 Å². The number of esters is 1. The number of carbonyl (C=O) groups is 2. The van der Waals surface area contributed by atoms with Gasteiger partial charge in [-0.25, -0.2) is 4.39 Å². The van der Waals surface area contributed by atoms with Crippen molar-refractivity contribution in [1.82, 2.24) is 5.32 Å². The number of thioether (sulfide) groups is 1. The van der Waals surface area contributed by atoms with E-state index in [1.54, 1.807) is 19.1 Å². The Balaban J connectivity index is 2.30. The average Bonchev–Trinajstić information content (AvgIpc) is 2.46. The Labute approximate surface area is 128 Å². The molecule has 0 aliphatic rings. The van der Waals surface area contributed by atoms with Crippen LogP contribution in [-0.2, 0) is 20.9 Å². The molecule has 1 aromatic rings. The fourth-order valence-corrected chi connectivity index (χ4v) is 2.46. The lowest BCUT2D eigenvalue weighted by Crippen LogP contribution is -2.25. The van der Waals surface area contributed by atoms with E-state index in [0.717, 1.165) is 5.56 Å². The Morgan fingerprint density at radius 1 is 1.43 bits per heavy atom. The van der Waals surface area contributed by atoms with Crippen LogP contribution in [0, 0.1) is 12.7 Å². The van der Waals surface area contributed by atoms with Crippen LogP contribution in [0.15, 0.2) is 18.2 Å². The van der Waals surface area contributed by atoms with E-state index in [4.69, 9.17) is 0 Å². The maximum absolute atomic E-state index is 13.1. The van der Waals surface area contributed by atoms with Crippen molar-refractivity contribution in [2.75, 3.05) is 12.9 Å². The van der Waals surface area contributed by atoms with Gasteiger partial charge in [-0.05, 0) is 24.1 Å². The standard InChI is InChI=1S/C15H20FNO3S/c1-10-6-12(4-5-13(10)16)8-17-14(18)9-21-11(2)7-15(19)20-3/h4-6,11H,7-9H2,1-3H3,(H,17,18). The van der Waals surface area contributed by atoms with Crippen molar-refractivity contribution in [3.05, 3.63) is 35.1 Å². The number of hydrogen-bond acceptors (Lipinski definition) is 4. The van der Waals surface area contributed by atoms with Gasteiger partial charge in [-0.15, -0.1) is 11.8 Å². The number of nitrogens with one attached hydrogen (secondary N) is 1. The summed E-state index contributed by atoms with van der Waals surface area (Å²) in [5, 5.41) is 2.79. The molecule has 116 valence electrons. The topological polar surface area (TPSA) is 55.4 Å². The van der Waals surface area contributed by atoms with Crippen molar-refractivity contribution in [2.24, 2.45) is 0 Å². The average molecular weight is 313 g/mol. The van der Waals surface area contributed by atoms with Crippen molar-refractivity contribution in [2.45, 2.75) is 32.1 Å². The third-order valence-corrected chi connectivity index (χ3v) is 4.06. The van der Waals surface area contributed by atoms with Crippen molar-refractivity contribution in [3.63, 3.8) is 0 Å². The molecule has 0 aromatic heterocycles. The van der Waals surface area contributed by atoms with Crippen LogP contribution in [-0.4, -0.2) is 30.0 Å². The molecule has 1 unspecified atom stereocenters. The normalized spacial score (nSPS) is 11.8. The number of carbonyl (C=O) groups excluding carboxylic acids is 2. The van der Waals surface area contributed by atoms with Crippen LogP contribution in [0.25, 0.3) is 0 Å². The summed E-state index contributed by atoms with van der Waals surface area (Å²) >= 11 is 1.40. The summed E-state index contributed by atoms with van der Waals surface area (Å²) in [4.78, 5) is 22.8. The maximum atomic E-state index is 13.1. The summed E-state index contributed by atoms with van der Waals surface area (Å²) in [5.41, 5.74) is 1.41. The van der Waals surface area contributed by atoms with Crippen molar-refractivity contribution in [3.8, 4) is 0 Å². The first-order chi connectivity index (χ1) is 9.92. The van der Waals surface area contributed by atoms with Gasteiger partial charge in [0.15, 0.2) is 0 Å². The molecule has 1 N–H and O–H groups in total. The molecule has 0 saturated heterocycles. The first-order valence-corrected chi connectivity index (χ1v) is 7.67. The lowest BCUT2D eigenvalue weighted by atomic mass is 10.1. The quantitative estimate of drug-likeness (QED) is 0.786. The van der Waals surface area contributed by atoms with Gasteiger partial charge < -0.3 is 10.1 Å².